The van der Waals surface area contributed by atoms with E-state index in [1.54, 1.807) is 14.2 Å². The molecule has 8 heteroatoms. The Kier molecular flexibility index (Phi) is 7.41. The molecule has 1 heterocycles. The van der Waals surface area contributed by atoms with Crippen LogP contribution in [-0.4, -0.2) is 81.3 Å². The van der Waals surface area contributed by atoms with Crippen molar-refractivity contribution >= 4 is 12.0 Å². The zero-order chi connectivity index (χ0) is 15.7. The topological polar surface area (TPSA) is 97.3 Å². The molecule has 0 aromatic heterocycles. The number of nitrogens with one attached hydrogen (secondary N) is 1. The third kappa shape index (κ3) is 5.14. The van der Waals surface area contributed by atoms with E-state index in [1.165, 1.54) is 4.90 Å². The van der Waals surface area contributed by atoms with Crippen LogP contribution in [0.25, 0.3) is 0 Å². The molecule has 2 N–H and O–H groups in total. The van der Waals surface area contributed by atoms with Gasteiger partial charge >= 0.3 is 12.0 Å². The first kappa shape index (κ1) is 17.7. The molecule has 0 aromatic rings. The molecule has 0 aliphatic carbocycles. The lowest BCUT2D eigenvalue weighted by atomic mass is 9.90. The molecule has 1 fully saturated rings. The lowest BCUT2D eigenvalue weighted by Crippen LogP contribution is -2.60. The summed E-state index contributed by atoms with van der Waals surface area (Å²) >= 11 is 0. The van der Waals surface area contributed by atoms with Crippen LogP contribution in [0, 0.1) is 0 Å². The molecule has 0 aromatic carbocycles. The second-order valence-corrected chi connectivity index (χ2v) is 4.90. The number of ether oxygens (including phenoxy) is 3. The van der Waals surface area contributed by atoms with E-state index in [2.05, 4.69) is 5.32 Å². The van der Waals surface area contributed by atoms with Gasteiger partial charge in [-0.05, 0) is 0 Å². The Balaban J connectivity index is 2.69. The summed E-state index contributed by atoms with van der Waals surface area (Å²) < 4.78 is 15.1. The van der Waals surface area contributed by atoms with E-state index >= 15 is 0 Å². The van der Waals surface area contributed by atoms with Crippen molar-refractivity contribution in [3.05, 3.63) is 0 Å². The fraction of sp³-hybridized carbons (Fsp3) is 0.846. The molecule has 1 saturated heterocycles. The van der Waals surface area contributed by atoms with Crippen molar-refractivity contribution in [3.8, 4) is 0 Å². The van der Waals surface area contributed by atoms with Crippen molar-refractivity contribution in [1.29, 1.82) is 0 Å². The first-order chi connectivity index (χ1) is 10.1. The maximum absolute atomic E-state index is 12.3. The molecular formula is C13H24N2O6. The third-order valence-electron chi connectivity index (χ3n) is 3.52. The van der Waals surface area contributed by atoms with E-state index < -0.39 is 17.5 Å². The van der Waals surface area contributed by atoms with Crippen LogP contribution in [0.3, 0.4) is 0 Å². The maximum Gasteiger partial charge on any atom is 0.329 e. The molecule has 0 saturated carbocycles. The summed E-state index contributed by atoms with van der Waals surface area (Å²) in [6.07, 6.45) is 0.521. The fourth-order valence-corrected chi connectivity index (χ4v) is 2.11. The molecule has 0 bridgehead atoms. The third-order valence-corrected chi connectivity index (χ3v) is 3.52. The SMILES string of the molecule is COCCN(CCOC)C(=O)NC1(C(=O)O)CCOCC1. The van der Waals surface area contributed by atoms with Crippen LogP contribution in [0.15, 0.2) is 0 Å². The summed E-state index contributed by atoms with van der Waals surface area (Å²) in [5.41, 5.74) is -1.26. The molecule has 1 aliphatic rings. The summed E-state index contributed by atoms with van der Waals surface area (Å²) in [6, 6.07) is -0.423. The normalized spacial score (nSPS) is 17.2. The van der Waals surface area contributed by atoms with Crippen molar-refractivity contribution < 1.29 is 28.9 Å². The number of carboxylic acids is 1. The summed E-state index contributed by atoms with van der Waals surface area (Å²) in [5.74, 6) is -1.03. The van der Waals surface area contributed by atoms with Crippen LogP contribution < -0.4 is 5.32 Å². The van der Waals surface area contributed by atoms with Gasteiger partial charge in [0, 0.05) is 53.4 Å². The van der Waals surface area contributed by atoms with Gasteiger partial charge in [0.25, 0.3) is 0 Å². The van der Waals surface area contributed by atoms with Crippen LogP contribution in [0.5, 0.6) is 0 Å². The molecule has 0 unspecified atom stereocenters. The number of carboxylic acid groups (broad SMARTS) is 1. The summed E-state index contributed by atoms with van der Waals surface area (Å²) in [4.78, 5) is 25.3. The minimum absolute atomic E-state index is 0.260. The van der Waals surface area contributed by atoms with Gasteiger partial charge in [0.15, 0.2) is 0 Å². The van der Waals surface area contributed by atoms with Gasteiger partial charge in [0.2, 0.25) is 0 Å². The van der Waals surface area contributed by atoms with Crippen LogP contribution in [0.2, 0.25) is 0 Å². The Morgan fingerprint density at radius 1 is 1.19 bits per heavy atom. The van der Waals surface area contributed by atoms with Crippen molar-refractivity contribution in [1.82, 2.24) is 10.2 Å². The van der Waals surface area contributed by atoms with Crippen LogP contribution in [-0.2, 0) is 19.0 Å². The maximum atomic E-state index is 12.3. The lowest BCUT2D eigenvalue weighted by molar-refractivity contribution is -0.148. The van der Waals surface area contributed by atoms with Crippen LogP contribution in [0.4, 0.5) is 4.79 Å². The highest BCUT2D eigenvalue weighted by molar-refractivity contribution is 5.86. The first-order valence-electron chi connectivity index (χ1n) is 6.92. The minimum Gasteiger partial charge on any atom is -0.480 e. The molecule has 2 amide bonds. The molecule has 21 heavy (non-hydrogen) atoms. The number of carbonyl (C=O) groups is 2. The zero-order valence-electron chi connectivity index (χ0n) is 12.6. The number of rotatable bonds is 8. The molecule has 0 radical (unpaired) electrons. The van der Waals surface area contributed by atoms with Crippen LogP contribution >= 0.6 is 0 Å². The van der Waals surface area contributed by atoms with Crippen LogP contribution in [0.1, 0.15) is 12.8 Å². The Labute approximate surface area is 124 Å². The van der Waals surface area contributed by atoms with Gasteiger partial charge in [-0.2, -0.15) is 0 Å². The van der Waals surface area contributed by atoms with E-state index in [-0.39, 0.29) is 12.8 Å². The lowest BCUT2D eigenvalue weighted by Gasteiger charge is -2.36. The number of methoxy groups -OCH3 is 2. The average Bonchev–Trinajstić information content (AvgIpc) is 2.48. The fourth-order valence-electron chi connectivity index (χ4n) is 2.11. The summed E-state index contributed by atoms with van der Waals surface area (Å²) in [5, 5.41) is 12.1. The number of aliphatic carboxylic acids is 1. The van der Waals surface area contributed by atoms with E-state index in [0.717, 1.165) is 0 Å². The first-order valence-corrected chi connectivity index (χ1v) is 6.92. The van der Waals surface area contributed by atoms with E-state index in [9.17, 15) is 14.7 Å². The number of amides is 2. The largest absolute Gasteiger partial charge is 0.480 e. The number of nitrogens with zero attached hydrogens (tertiary/aromatic N) is 1. The Morgan fingerprint density at radius 3 is 2.14 bits per heavy atom. The zero-order valence-corrected chi connectivity index (χ0v) is 12.6. The Morgan fingerprint density at radius 2 is 1.71 bits per heavy atom. The molecule has 1 rings (SSSR count). The number of hydrogen-bond acceptors (Lipinski definition) is 5. The van der Waals surface area contributed by atoms with Gasteiger partial charge in [-0.15, -0.1) is 0 Å². The quantitative estimate of drug-likeness (QED) is 0.651. The summed E-state index contributed by atoms with van der Waals surface area (Å²) in [6.45, 7) is 2.14. The van der Waals surface area contributed by atoms with Crippen molar-refractivity contribution in [3.63, 3.8) is 0 Å². The molecule has 122 valence electrons. The van der Waals surface area contributed by atoms with E-state index in [4.69, 9.17) is 14.2 Å². The smallest absolute Gasteiger partial charge is 0.329 e. The molecule has 0 atom stereocenters. The second kappa shape index (κ2) is 8.81. The second-order valence-electron chi connectivity index (χ2n) is 4.90. The van der Waals surface area contributed by atoms with Crippen molar-refractivity contribution in [2.75, 3.05) is 53.7 Å². The van der Waals surface area contributed by atoms with Gasteiger partial charge in [0.1, 0.15) is 5.54 Å². The molecular weight excluding hydrogens is 280 g/mol. The highest BCUT2D eigenvalue weighted by Gasteiger charge is 2.42. The standard InChI is InChI=1S/C13H24N2O6/c1-19-9-5-15(6-10-20-2)12(18)14-13(11(16)17)3-7-21-8-4-13/h3-10H2,1-2H3,(H,14,18)(H,16,17). The van der Waals surface area contributed by atoms with Gasteiger partial charge in [0.05, 0.1) is 13.2 Å². The molecule has 1 aliphatic heterocycles. The number of carbonyl (C=O) groups excluding carboxylic acids is 1. The summed E-state index contributed by atoms with van der Waals surface area (Å²) in [7, 11) is 3.09. The molecule has 8 nitrogen and oxygen atoms in total. The van der Waals surface area contributed by atoms with Gasteiger partial charge in [-0.3, -0.25) is 0 Å². The average molecular weight is 304 g/mol. The Bertz CT molecular complexity index is 336. The van der Waals surface area contributed by atoms with Crippen molar-refractivity contribution in [2.24, 2.45) is 0 Å². The predicted molar refractivity (Wildman–Crippen MR) is 74.3 cm³/mol. The Hall–Kier alpha value is -1.38. The minimum atomic E-state index is -1.26. The number of urea groups is 1. The predicted octanol–water partition coefficient (Wildman–Crippen LogP) is -0.0754. The molecule has 0 spiro atoms. The monoisotopic (exact) mass is 304 g/mol. The van der Waals surface area contributed by atoms with E-state index in [1.807, 2.05) is 0 Å². The van der Waals surface area contributed by atoms with Gasteiger partial charge < -0.3 is 29.5 Å². The van der Waals surface area contributed by atoms with E-state index in [0.29, 0.717) is 39.5 Å². The highest BCUT2D eigenvalue weighted by atomic mass is 16.5. The highest BCUT2D eigenvalue weighted by Crippen LogP contribution is 2.21. The number of hydrogen-bond donors (Lipinski definition) is 2. The van der Waals surface area contributed by atoms with Gasteiger partial charge in [-0.1, -0.05) is 0 Å². The van der Waals surface area contributed by atoms with Gasteiger partial charge in [-0.25, -0.2) is 9.59 Å². The van der Waals surface area contributed by atoms with Crippen molar-refractivity contribution in [2.45, 2.75) is 18.4 Å².